The van der Waals surface area contributed by atoms with Crippen molar-refractivity contribution in [1.29, 1.82) is 0 Å². The lowest BCUT2D eigenvalue weighted by Crippen LogP contribution is -1.99. The SMILES string of the molecule is Cc1cccc(C(=S)c2ccccc2)c1. The van der Waals surface area contributed by atoms with E-state index < -0.39 is 0 Å². The van der Waals surface area contributed by atoms with Crippen LogP contribution in [0.3, 0.4) is 0 Å². The van der Waals surface area contributed by atoms with E-state index >= 15 is 0 Å². The molecule has 0 aromatic heterocycles. The van der Waals surface area contributed by atoms with Gasteiger partial charge in [0.2, 0.25) is 0 Å². The molecule has 0 saturated carbocycles. The number of thiocarbonyl (C=S) groups is 1. The predicted octanol–water partition coefficient (Wildman–Crippen LogP) is 3.76. The van der Waals surface area contributed by atoms with Gasteiger partial charge in [-0.2, -0.15) is 0 Å². The van der Waals surface area contributed by atoms with Gasteiger partial charge in [0.15, 0.2) is 0 Å². The van der Waals surface area contributed by atoms with Crippen LogP contribution in [-0.2, 0) is 0 Å². The molecule has 0 spiro atoms. The maximum Gasteiger partial charge on any atom is 0.0521 e. The van der Waals surface area contributed by atoms with Crippen LogP contribution in [-0.4, -0.2) is 4.86 Å². The fourth-order valence-electron chi connectivity index (χ4n) is 1.54. The van der Waals surface area contributed by atoms with E-state index in [0.29, 0.717) is 0 Å². The molecular formula is C14H12S. The van der Waals surface area contributed by atoms with Crippen LogP contribution in [0.4, 0.5) is 0 Å². The molecule has 0 fully saturated rings. The minimum atomic E-state index is 0.916. The normalized spacial score (nSPS) is 9.93. The Kier molecular flexibility index (Phi) is 2.93. The van der Waals surface area contributed by atoms with Gasteiger partial charge in [-0.3, -0.25) is 0 Å². The number of hydrogen-bond donors (Lipinski definition) is 0. The third-order valence-electron chi connectivity index (χ3n) is 2.32. The van der Waals surface area contributed by atoms with Gasteiger partial charge in [-0.15, -0.1) is 0 Å². The lowest BCUT2D eigenvalue weighted by molar-refractivity contribution is 1.46. The number of hydrogen-bond acceptors (Lipinski definition) is 1. The lowest BCUT2D eigenvalue weighted by Gasteiger charge is -2.04. The van der Waals surface area contributed by atoms with Crippen LogP contribution in [0, 0.1) is 6.92 Å². The zero-order chi connectivity index (χ0) is 10.7. The van der Waals surface area contributed by atoms with Crippen LogP contribution < -0.4 is 0 Å². The van der Waals surface area contributed by atoms with Gasteiger partial charge < -0.3 is 0 Å². The van der Waals surface area contributed by atoms with Crippen LogP contribution in [0.1, 0.15) is 16.7 Å². The van der Waals surface area contributed by atoms with Crippen LogP contribution >= 0.6 is 12.2 Å². The van der Waals surface area contributed by atoms with E-state index in [1.165, 1.54) is 5.56 Å². The summed E-state index contributed by atoms with van der Waals surface area (Å²) in [6.45, 7) is 2.08. The maximum atomic E-state index is 5.45. The second-order valence-corrected chi connectivity index (χ2v) is 3.97. The molecule has 0 aliphatic rings. The highest BCUT2D eigenvalue weighted by Crippen LogP contribution is 2.12. The maximum absolute atomic E-state index is 5.45. The Morgan fingerprint density at radius 2 is 1.53 bits per heavy atom. The van der Waals surface area contributed by atoms with E-state index in [1.54, 1.807) is 0 Å². The molecule has 15 heavy (non-hydrogen) atoms. The first kappa shape index (κ1) is 10.1. The molecule has 0 bridgehead atoms. The third-order valence-corrected chi connectivity index (χ3v) is 2.79. The van der Waals surface area contributed by atoms with E-state index in [0.717, 1.165) is 16.0 Å². The summed E-state index contributed by atoms with van der Waals surface area (Å²) in [5, 5.41) is 0. The van der Waals surface area contributed by atoms with Gasteiger partial charge in [0.25, 0.3) is 0 Å². The van der Waals surface area contributed by atoms with E-state index in [2.05, 4.69) is 25.1 Å². The van der Waals surface area contributed by atoms with E-state index in [-0.39, 0.29) is 0 Å². The Morgan fingerprint density at radius 1 is 0.867 bits per heavy atom. The second-order valence-electron chi connectivity index (χ2n) is 3.56. The molecule has 0 radical (unpaired) electrons. The molecule has 2 aromatic carbocycles. The summed E-state index contributed by atoms with van der Waals surface area (Å²) in [5.41, 5.74) is 3.47. The zero-order valence-corrected chi connectivity index (χ0v) is 9.42. The highest BCUT2D eigenvalue weighted by atomic mass is 32.1. The zero-order valence-electron chi connectivity index (χ0n) is 8.60. The summed E-state index contributed by atoms with van der Waals surface area (Å²) in [6, 6.07) is 18.4. The number of aryl methyl sites for hydroxylation is 1. The van der Waals surface area contributed by atoms with Crippen molar-refractivity contribution < 1.29 is 0 Å². The van der Waals surface area contributed by atoms with Gasteiger partial charge in [0, 0.05) is 0 Å². The molecule has 2 rings (SSSR count). The second kappa shape index (κ2) is 4.37. The molecule has 0 aliphatic carbocycles. The molecular weight excluding hydrogens is 200 g/mol. The first-order valence-electron chi connectivity index (χ1n) is 4.94. The van der Waals surface area contributed by atoms with Crippen molar-refractivity contribution in [3.05, 3.63) is 71.3 Å². The van der Waals surface area contributed by atoms with E-state index in [9.17, 15) is 0 Å². The van der Waals surface area contributed by atoms with Crippen molar-refractivity contribution in [2.45, 2.75) is 6.92 Å². The fraction of sp³-hybridized carbons (Fsp3) is 0.0714. The highest BCUT2D eigenvalue weighted by molar-refractivity contribution is 7.81. The molecule has 0 aliphatic heterocycles. The largest absolute Gasteiger partial charge is 0.0788 e. The summed E-state index contributed by atoms with van der Waals surface area (Å²) in [6.07, 6.45) is 0. The number of rotatable bonds is 2. The smallest absolute Gasteiger partial charge is 0.0521 e. The minimum absolute atomic E-state index is 0.916. The Bertz CT molecular complexity index is 472. The van der Waals surface area contributed by atoms with Crippen LogP contribution in [0.15, 0.2) is 54.6 Å². The molecule has 0 amide bonds. The summed E-state index contributed by atoms with van der Waals surface area (Å²) in [5.74, 6) is 0. The molecule has 0 unspecified atom stereocenters. The topological polar surface area (TPSA) is 0 Å². The van der Waals surface area contributed by atoms with Gasteiger partial charge in [0.1, 0.15) is 0 Å². The molecule has 0 saturated heterocycles. The van der Waals surface area contributed by atoms with E-state index in [4.69, 9.17) is 12.2 Å². The summed E-state index contributed by atoms with van der Waals surface area (Å²) >= 11 is 5.45. The highest BCUT2D eigenvalue weighted by Gasteiger charge is 2.02. The van der Waals surface area contributed by atoms with Gasteiger partial charge in [-0.25, -0.2) is 0 Å². The van der Waals surface area contributed by atoms with E-state index in [1.807, 2.05) is 36.4 Å². The standard InChI is InChI=1S/C14H12S/c1-11-6-5-9-13(10-11)14(15)12-7-3-2-4-8-12/h2-10H,1H3. The monoisotopic (exact) mass is 212 g/mol. The van der Waals surface area contributed by atoms with Crippen molar-refractivity contribution in [2.24, 2.45) is 0 Å². The lowest BCUT2D eigenvalue weighted by atomic mass is 10.0. The Balaban J connectivity index is 2.37. The molecule has 74 valence electrons. The van der Waals surface area contributed by atoms with Gasteiger partial charge in [-0.05, 0) is 18.1 Å². The molecule has 0 N–H and O–H groups in total. The summed E-state index contributed by atoms with van der Waals surface area (Å²) in [4.78, 5) is 0.916. The molecule has 0 nitrogen and oxygen atoms in total. The van der Waals surface area contributed by atoms with Gasteiger partial charge >= 0.3 is 0 Å². The average molecular weight is 212 g/mol. The fourth-order valence-corrected chi connectivity index (χ4v) is 1.81. The first-order chi connectivity index (χ1) is 7.27. The first-order valence-corrected chi connectivity index (χ1v) is 5.34. The van der Waals surface area contributed by atoms with Crippen LogP contribution in [0.5, 0.6) is 0 Å². The van der Waals surface area contributed by atoms with Crippen molar-refractivity contribution in [3.63, 3.8) is 0 Å². The predicted molar refractivity (Wildman–Crippen MR) is 68.4 cm³/mol. The quantitative estimate of drug-likeness (QED) is 0.539. The average Bonchev–Trinajstić information content (AvgIpc) is 2.29. The van der Waals surface area contributed by atoms with Crippen LogP contribution in [0.2, 0.25) is 0 Å². The Morgan fingerprint density at radius 3 is 2.20 bits per heavy atom. The molecule has 0 heterocycles. The van der Waals surface area contributed by atoms with Crippen molar-refractivity contribution in [3.8, 4) is 0 Å². The molecule has 1 heteroatoms. The number of benzene rings is 2. The third kappa shape index (κ3) is 2.31. The van der Waals surface area contributed by atoms with Gasteiger partial charge in [0.05, 0.1) is 4.86 Å². The van der Waals surface area contributed by atoms with Crippen molar-refractivity contribution >= 4 is 17.1 Å². The van der Waals surface area contributed by atoms with Gasteiger partial charge in [-0.1, -0.05) is 72.4 Å². The Labute approximate surface area is 95.6 Å². The van der Waals surface area contributed by atoms with Crippen molar-refractivity contribution in [1.82, 2.24) is 0 Å². The summed E-state index contributed by atoms with van der Waals surface area (Å²) < 4.78 is 0. The minimum Gasteiger partial charge on any atom is -0.0788 e. The Hall–Kier alpha value is -1.47. The van der Waals surface area contributed by atoms with Crippen LogP contribution in [0.25, 0.3) is 0 Å². The van der Waals surface area contributed by atoms with Crippen molar-refractivity contribution in [2.75, 3.05) is 0 Å². The summed E-state index contributed by atoms with van der Waals surface area (Å²) in [7, 11) is 0. The molecule has 0 atom stereocenters. The molecule has 2 aromatic rings.